The first-order chi connectivity index (χ1) is 7.72. The van der Waals surface area contributed by atoms with E-state index in [-0.39, 0.29) is 0 Å². The van der Waals surface area contributed by atoms with Gasteiger partial charge in [0.05, 0.1) is 5.69 Å². The molecular weight excluding hydrogens is 198 g/mol. The number of aryl methyl sites for hydroxylation is 1. The lowest BCUT2D eigenvalue weighted by atomic mass is 10.0. The highest BCUT2D eigenvalue weighted by molar-refractivity contribution is 5.28. The van der Waals surface area contributed by atoms with Gasteiger partial charge in [0.25, 0.3) is 0 Å². The molecule has 1 aliphatic rings. The van der Waals surface area contributed by atoms with E-state index in [1.165, 1.54) is 30.5 Å². The van der Waals surface area contributed by atoms with Crippen molar-refractivity contribution in [3.05, 3.63) is 22.8 Å². The molecule has 0 aliphatic heterocycles. The third kappa shape index (κ3) is 2.24. The lowest BCUT2D eigenvalue weighted by molar-refractivity contribution is 0.705. The van der Waals surface area contributed by atoms with E-state index in [1.807, 2.05) is 0 Å². The van der Waals surface area contributed by atoms with Gasteiger partial charge in [-0.05, 0) is 31.2 Å². The van der Waals surface area contributed by atoms with Crippen LogP contribution in [0.5, 0.6) is 0 Å². The molecule has 0 amide bonds. The molecule has 0 unspecified atom stereocenters. The second-order valence-corrected chi connectivity index (χ2v) is 4.87. The smallest absolute Gasteiger partial charge is 0.131 e. The van der Waals surface area contributed by atoms with E-state index < -0.39 is 0 Å². The molecule has 0 aromatic carbocycles. The molecule has 2 N–H and O–H groups in total. The van der Waals surface area contributed by atoms with E-state index in [4.69, 9.17) is 10.7 Å². The van der Waals surface area contributed by atoms with Gasteiger partial charge in [0.2, 0.25) is 0 Å². The largest absolute Gasteiger partial charge is 0.325 e. The minimum Gasteiger partial charge on any atom is -0.325 e. The fourth-order valence-corrected chi connectivity index (χ4v) is 2.30. The Kier molecular flexibility index (Phi) is 3.54. The molecular formula is C13H21N3. The summed E-state index contributed by atoms with van der Waals surface area (Å²) in [6, 6.07) is 0. The first-order valence-corrected chi connectivity index (χ1v) is 6.31. The molecule has 0 radical (unpaired) electrons. The molecule has 0 fully saturated rings. The van der Waals surface area contributed by atoms with Crippen LogP contribution in [-0.2, 0) is 19.4 Å². The van der Waals surface area contributed by atoms with Crippen molar-refractivity contribution in [3.63, 3.8) is 0 Å². The molecule has 1 aliphatic carbocycles. The molecule has 0 saturated heterocycles. The maximum Gasteiger partial charge on any atom is 0.131 e. The zero-order chi connectivity index (χ0) is 11.5. The summed E-state index contributed by atoms with van der Waals surface area (Å²) in [5, 5.41) is 0. The summed E-state index contributed by atoms with van der Waals surface area (Å²) >= 11 is 0. The topological polar surface area (TPSA) is 51.8 Å². The standard InChI is InChI=1S/C13H21N3/c1-9(2)13-15-11-7-5-3-4-6-10(11)12(8-14)16-13/h9H,3-8,14H2,1-2H3. The molecule has 0 saturated carbocycles. The summed E-state index contributed by atoms with van der Waals surface area (Å²) in [7, 11) is 0. The number of hydrogen-bond acceptors (Lipinski definition) is 3. The van der Waals surface area contributed by atoms with E-state index in [1.54, 1.807) is 0 Å². The molecule has 16 heavy (non-hydrogen) atoms. The van der Waals surface area contributed by atoms with E-state index >= 15 is 0 Å². The minimum atomic E-state index is 0.388. The number of nitrogens with two attached hydrogens (primary N) is 1. The number of rotatable bonds is 2. The summed E-state index contributed by atoms with van der Waals surface area (Å²) in [4.78, 5) is 9.32. The molecule has 88 valence electrons. The summed E-state index contributed by atoms with van der Waals surface area (Å²) in [5.41, 5.74) is 9.48. The lowest BCUT2D eigenvalue weighted by Crippen LogP contribution is -2.13. The normalized spacial score (nSPS) is 16.0. The van der Waals surface area contributed by atoms with Crippen molar-refractivity contribution in [2.45, 2.75) is 58.4 Å². The van der Waals surface area contributed by atoms with Gasteiger partial charge in [0.1, 0.15) is 5.82 Å². The molecule has 1 aromatic heterocycles. The quantitative estimate of drug-likeness (QED) is 0.777. The van der Waals surface area contributed by atoms with Crippen LogP contribution in [0, 0.1) is 0 Å². The summed E-state index contributed by atoms with van der Waals surface area (Å²) < 4.78 is 0. The Morgan fingerprint density at radius 1 is 1.12 bits per heavy atom. The number of fused-ring (bicyclic) bond motifs is 1. The maximum atomic E-state index is 5.80. The Balaban J connectivity index is 2.46. The third-order valence-corrected chi connectivity index (χ3v) is 3.25. The van der Waals surface area contributed by atoms with Gasteiger partial charge in [-0.3, -0.25) is 0 Å². The van der Waals surface area contributed by atoms with E-state index in [0.717, 1.165) is 24.4 Å². The van der Waals surface area contributed by atoms with Crippen LogP contribution in [0.3, 0.4) is 0 Å². The van der Waals surface area contributed by atoms with Crippen LogP contribution in [0.15, 0.2) is 0 Å². The predicted octanol–water partition coefficient (Wildman–Crippen LogP) is 2.33. The Hall–Kier alpha value is -0.960. The van der Waals surface area contributed by atoms with Crippen molar-refractivity contribution in [3.8, 4) is 0 Å². The van der Waals surface area contributed by atoms with Gasteiger partial charge >= 0.3 is 0 Å². The Morgan fingerprint density at radius 2 is 1.88 bits per heavy atom. The van der Waals surface area contributed by atoms with Crippen molar-refractivity contribution in [2.24, 2.45) is 5.73 Å². The Morgan fingerprint density at radius 3 is 2.56 bits per heavy atom. The van der Waals surface area contributed by atoms with E-state index in [0.29, 0.717) is 12.5 Å². The zero-order valence-electron chi connectivity index (χ0n) is 10.3. The van der Waals surface area contributed by atoms with Crippen LogP contribution in [0.1, 0.15) is 61.8 Å². The molecule has 3 nitrogen and oxygen atoms in total. The van der Waals surface area contributed by atoms with Crippen LogP contribution in [0.25, 0.3) is 0 Å². The van der Waals surface area contributed by atoms with Crippen LogP contribution < -0.4 is 5.73 Å². The molecule has 1 aromatic rings. The average Bonchev–Trinajstić information content (AvgIpc) is 2.52. The second kappa shape index (κ2) is 4.91. The molecule has 1 heterocycles. The lowest BCUT2D eigenvalue weighted by Gasteiger charge is -2.13. The van der Waals surface area contributed by atoms with Gasteiger partial charge in [-0.1, -0.05) is 20.3 Å². The first kappa shape index (κ1) is 11.5. The maximum absolute atomic E-state index is 5.80. The molecule has 3 heteroatoms. The van der Waals surface area contributed by atoms with Crippen molar-refractivity contribution < 1.29 is 0 Å². The van der Waals surface area contributed by atoms with E-state index in [2.05, 4.69) is 18.8 Å². The van der Waals surface area contributed by atoms with Gasteiger partial charge in [0.15, 0.2) is 0 Å². The zero-order valence-corrected chi connectivity index (χ0v) is 10.3. The molecule has 2 rings (SSSR count). The van der Waals surface area contributed by atoms with Crippen LogP contribution in [-0.4, -0.2) is 9.97 Å². The van der Waals surface area contributed by atoms with Crippen molar-refractivity contribution in [1.29, 1.82) is 0 Å². The highest BCUT2D eigenvalue weighted by Crippen LogP contribution is 2.23. The van der Waals surface area contributed by atoms with Crippen molar-refractivity contribution >= 4 is 0 Å². The second-order valence-electron chi connectivity index (χ2n) is 4.87. The van der Waals surface area contributed by atoms with Gasteiger partial charge < -0.3 is 5.73 Å². The fourth-order valence-electron chi connectivity index (χ4n) is 2.30. The van der Waals surface area contributed by atoms with Gasteiger partial charge in [0, 0.05) is 18.2 Å². The van der Waals surface area contributed by atoms with Crippen LogP contribution in [0.4, 0.5) is 0 Å². The van der Waals surface area contributed by atoms with Gasteiger partial charge in [-0.25, -0.2) is 9.97 Å². The summed E-state index contributed by atoms with van der Waals surface area (Å²) in [6.07, 6.45) is 6.03. The number of aromatic nitrogens is 2. The van der Waals surface area contributed by atoms with Crippen molar-refractivity contribution in [1.82, 2.24) is 9.97 Å². The highest BCUT2D eigenvalue weighted by atomic mass is 14.9. The highest BCUT2D eigenvalue weighted by Gasteiger charge is 2.16. The number of hydrogen-bond donors (Lipinski definition) is 1. The molecule has 0 spiro atoms. The van der Waals surface area contributed by atoms with Gasteiger partial charge in [-0.15, -0.1) is 0 Å². The van der Waals surface area contributed by atoms with Gasteiger partial charge in [-0.2, -0.15) is 0 Å². The van der Waals surface area contributed by atoms with Crippen LogP contribution in [0.2, 0.25) is 0 Å². The van der Waals surface area contributed by atoms with E-state index in [9.17, 15) is 0 Å². The monoisotopic (exact) mass is 219 g/mol. The minimum absolute atomic E-state index is 0.388. The summed E-state index contributed by atoms with van der Waals surface area (Å²) in [5.74, 6) is 1.35. The fraction of sp³-hybridized carbons (Fsp3) is 0.692. The Labute approximate surface area is 97.5 Å². The third-order valence-electron chi connectivity index (χ3n) is 3.25. The first-order valence-electron chi connectivity index (χ1n) is 6.31. The number of nitrogens with zero attached hydrogens (tertiary/aromatic N) is 2. The molecule has 0 atom stereocenters. The SMILES string of the molecule is CC(C)c1nc(CN)c2c(n1)CCCCC2. The van der Waals surface area contributed by atoms with Crippen molar-refractivity contribution in [2.75, 3.05) is 0 Å². The predicted molar refractivity (Wildman–Crippen MR) is 65.3 cm³/mol. The Bertz CT molecular complexity index is 372. The molecule has 0 bridgehead atoms. The summed E-state index contributed by atoms with van der Waals surface area (Å²) in [6.45, 7) is 4.82. The average molecular weight is 219 g/mol. The van der Waals surface area contributed by atoms with Crippen LogP contribution >= 0.6 is 0 Å².